The highest BCUT2D eigenvalue weighted by molar-refractivity contribution is 7.89. The minimum absolute atomic E-state index is 0.00973. The van der Waals surface area contributed by atoms with E-state index in [0.29, 0.717) is 6.42 Å². The van der Waals surface area contributed by atoms with Crippen LogP contribution in [0.25, 0.3) is 0 Å². The van der Waals surface area contributed by atoms with Crippen LogP contribution in [0, 0.1) is 0 Å². The molecule has 19 heavy (non-hydrogen) atoms. The summed E-state index contributed by atoms with van der Waals surface area (Å²) in [5, 5.41) is 8.81. The second-order valence-corrected chi connectivity index (χ2v) is 6.29. The summed E-state index contributed by atoms with van der Waals surface area (Å²) in [6.07, 6.45) is 0.368. The Morgan fingerprint density at radius 3 is 2.47 bits per heavy atom. The minimum Gasteiger partial charge on any atom is -0.481 e. The first-order chi connectivity index (χ1) is 8.89. The van der Waals surface area contributed by atoms with Crippen LogP contribution in [-0.2, 0) is 14.8 Å². The van der Waals surface area contributed by atoms with Gasteiger partial charge >= 0.3 is 5.97 Å². The molecule has 0 saturated carbocycles. The Balaban J connectivity index is 3.06. The third-order valence-electron chi connectivity index (χ3n) is 2.50. The molecule has 0 aliphatic rings. The van der Waals surface area contributed by atoms with Gasteiger partial charge in [-0.2, -0.15) is 4.31 Å². The first-order valence-corrected chi connectivity index (χ1v) is 7.68. The molecule has 0 aromatic heterocycles. The Kier molecular flexibility index (Phi) is 5.78. The summed E-state index contributed by atoms with van der Waals surface area (Å²) in [5.74, 6) is -1.03. The number of aliphatic carboxylic acids is 1. The van der Waals surface area contributed by atoms with Gasteiger partial charge in [0.25, 0.3) is 0 Å². The van der Waals surface area contributed by atoms with Crippen LogP contribution in [0.2, 0.25) is 5.02 Å². The lowest BCUT2D eigenvalue weighted by molar-refractivity contribution is -0.137. The molecule has 0 unspecified atom stereocenters. The van der Waals surface area contributed by atoms with Gasteiger partial charge in [0.15, 0.2) is 0 Å². The van der Waals surface area contributed by atoms with Gasteiger partial charge in [-0.15, -0.1) is 0 Å². The molecule has 0 amide bonds. The molecule has 1 rings (SSSR count). The molecule has 0 radical (unpaired) electrons. The van der Waals surface area contributed by atoms with Crippen LogP contribution < -0.4 is 0 Å². The first kappa shape index (κ1) is 15.9. The van der Waals surface area contributed by atoms with Crippen LogP contribution in [0.3, 0.4) is 0 Å². The van der Waals surface area contributed by atoms with E-state index in [2.05, 4.69) is 0 Å². The summed E-state index contributed by atoms with van der Waals surface area (Å²) in [5.41, 5.74) is 0. The molecule has 1 aromatic carbocycles. The van der Waals surface area contributed by atoms with Crippen molar-refractivity contribution < 1.29 is 18.3 Å². The number of hydrogen-bond donors (Lipinski definition) is 1. The highest BCUT2D eigenvalue weighted by Gasteiger charge is 2.26. The van der Waals surface area contributed by atoms with Crippen molar-refractivity contribution in [1.82, 2.24) is 4.31 Å². The largest absolute Gasteiger partial charge is 0.481 e. The lowest BCUT2D eigenvalue weighted by Crippen LogP contribution is -2.34. The number of carboxylic acids is 1. The van der Waals surface area contributed by atoms with E-state index in [1.165, 1.54) is 12.1 Å². The monoisotopic (exact) mass is 305 g/mol. The van der Waals surface area contributed by atoms with Crippen LogP contribution in [0.4, 0.5) is 0 Å². The smallest absolute Gasteiger partial charge is 0.304 e. The highest BCUT2D eigenvalue weighted by atomic mass is 35.5. The zero-order valence-electron chi connectivity index (χ0n) is 10.5. The summed E-state index contributed by atoms with van der Waals surface area (Å²) >= 11 is 5.89. The molecule has 0 aliphatic carbocycles. The van der Waals surface area contributed by atoms with Crippen molar-refractivity contribution in [3.8, 4) is 0 Å². The first-order valence-electron chi connectivity index (χ1n) is 5.86. The molecular formula is C12H16ClNO4S. The van der Waals surface area contributed by atoms with Gasteiger partial charge < -0.3 is 5.11 Å². The summed E-state index contributed by atoms with van der Waals surface area (Å²) in [7, 11) is -3.75. The number of carbonyl (C=O) groups is 1. The lowest BCUT2D eigenvalue weighted by Gasteiger charge is -2.21. The summed E-state index contributed by atoms with van der Waals surface area (Å²) in [6.45, 7) is 2.04. The van der Waals surface area contributed by atoms with Crippen molar-refractivity contribution in [2.45, 2.75) is 24.7 Å². The zero-order valence-corrected chi connectivity index (χ0v) is 12.1. The maximum atomic E-state index is 12.4. The predicted octanol–water partition coefficient (Wildman–Crippen LogP) is 2.22. The highest BCUT2D eigenvalue weighted by Crippen LogP contribution is 2.24. The number of hydrogen-bond acceptors (Lipinski definition) is 3. The third kappa shape index (κ3) is 4.19. The maximum absolute atomic E-state index is 12.4. The van der Waals surface area contributed by atoms with Crippen molar-refractivity contribution in [3.05, 3.63) is 29.3 Å². The van der Waals surface area contributed by atoms with Gasteiger partial charge in [0.05, 0.1) is 11.4 Å². The molecule has 1 aromatic rings. The minimum atomic E-state index is -3.75. The average Bonchev–Trinajstić information content (AvgIpc) is 2.34. The Bertz CT molecular complexity index is 544. The molecule has 0 bridgehead atoms. The average molecular weight is 306 g/mol. The quantitative estimate of drug-likeness (QED) is 0.838. The fourth-order valence-electron chi connectivity index (χ4n) is 1.61. The SMILES string of the molecule is CCCN(CCC(=O)O)S(=O)(=O)c1ccccc1Cl. The summed E-state index contributed by atoms with van der Waals surface area (Å²) < 4.78 is 26.0. The van der Waals surface area contributed by atoms with Gasteiger partial charge in [-0.25, -0.2) is 8.42 Å². The van der Waals surface area contributed by atoms with E-state index < -0.39 is 16.0 Å². The number of halogens is 1. The molecule has 5 nitrogen and oxygen atoms in total. The van der Waals surface area contributed by atoms with Crippen molar-refractivity contribution >= 4 is 27.6 Å². The molecule has 0 atom stereocenters. The van der Waals surface area contributed by atoms with E-state index in [-0.39, 0.29) is 29.4 Å². The van der Waals surface area contributed by atoms with E-state index in [1.807, 2.05) is 6.92 Å². The van der Waals surface area contributed by atoms with E-state index in [9.17, 15) is 13.2 Å². The zero-order chi connectivity index (χ0) is 14.5. The van der Waals surface area contributed by atoms with Gasteiger partial charge in [-0.05, 0) is 18.6 Å². The topological polar surface area (TPSA) is 74.7 Å². The second-order valence-electron chi connectivity index (χ2n) is 3.98. The van der Waals surface area contributed by atoms with Crippen molar-refractivity contribution in [2.24, 2.45) is 0 Å². The van der Waals surface area contributed by atoms with Gasteiger partial charge in [-0.1, -0.05) is 30.7 Å². The van der Waals surface area contributed by atoms with Gasteiger partial charge in [0.1, 0.15) is 4.90 Å². The fourth-order valence-corrected chi connectivity index (χ4v) is 3.64. The van der Waals surface area contributed by atoms with Crippen LogP contribution in [-0.4, -0.2) is 36.9 Å². The number of sulfonamides is 1. The Hall–Kier alpha value is -1.11. The molecular weight excluding hydrogens is 290 g/mol. The molecule has 0 saturated heterocycles. The predicted molar refractivity (Wildman–Crippen MR) is 72.8 cm³/mol. The molecule has 0 fully saturated rings. The maximum Gasteiger partial charge on any atom is 0.304 e. The van der Waals surface area contributed by atoms with E-state index in [4.69, 9.17) is 16.7 Å². The molecule has 1 N–H and O–H groups in total. The summed E-state index contributed by atoms with van der Waals surface area (Å²) in [6, 6.07) is 6.14. The van der Waals surface area contributed by atoms with Crippen molar-refractivity contribution in [2.75, 3.05) is 13.1 Å². The fraction of sp³-hybridized carbons (Fsp3) is 0.417. The van der Waals surface area contributed by atoms with Crippen LogP contribution >= 0.6 is 11.6 Å². The van der Waals surface area contributed by atoms with Gasteiger partial charge in [-0.3, -0.25) is 4.79 Å². The van der Waals surface area contributed by atoms with E-state index in [0.717, 1.165) is 4.31 Å². The van der Waals surface area contributed by atoms with Crippen molar-refractivity contribution in [1.29, 1.82) is 0 Å². The number of benzene rings is 1. The second kappa shape index (κ2) is 6.88. The van der Waals surface area contributed by atoms with E-state index >= 15 is 0 Å². The normalized spacial score (nSPS) is 11.7. The Morgan fingerprint density at radius 2 is 1.95 bits per heavy atom. The molecule has 0 spiro atoms. The third-order valence-corrected chi connectivity index (χ3v) is 4.90. The Morgan fingerprint density at radius 1 is 1.32 bits per heavy atom. The standard InChI is InChI=1S/C12H16ClNO4S/c1-2-8-14(9-7-12(15)16)19(17,18)11-6-4-3-5-10(11)13/h3-6H,2,7-9H2,1H3,(H,15,16). The molecule has 0 heterocycles. The van der Waals surface area contributed by atoms with Crippen LogP contribution in [0.1, 0.15) is 19.8 Å². The van der Waals surface area contributed by atoms with Crippen molar-refractivity contribution in [3.63, 3.8) is 0 Å². The molecule has 106 valence electrons. The van der Waals surface area contributed by atoms with Crippen LogP contribution in [0.15, 0.2) is 29.2 Å². The van der Waals surface area contributed by atoms with Gasteiger partial charge in [0, 0.05) is 13.1 Å². The van der Waals surface area contributed by atoms with Gasteiger partial charge in [0.2, 0.25) is 10.0 Å². The molecule has 0 aliphatic heterocycles. The molecule has 7 heteroatoms. The number of rotatable bonds is 7. The van der Waals surface area contributed by atoms with E-state index in [1.54, 1.807) is 12.1 Å². The lowest BCUT2D eigenvalue weighted by atomic mass is 10.4. The summed E-state index contributed by atoms with van der Waals surface area (Å²) in [4.78, 5) is 10.6. The Labute approximate surface area is 117 Å². The number of carboxylic acid groups (broad SMARTS) is 1. The number of nitrogens with zero attached hydrogens (tertiary/aromatic N) is 1. The van der Waals surface area contributed by atoms with Crippen LogP contribution in [0.5, 0.6) is 0 Å².